The van der Waals surface area contributed by atoms with E-state index in [2.05, 4.69) is 5.10 Å². The zero-order valence-corrected chi connectivity index (χ0v) is 19.9. The number of aliphatic hydroxyl groups is 1. The molecule has 4 nitrogen and oxygen atoms in total. The van der Waals surface area contributed by atoms with Crippen molar-refractivity contribution in [1.29, 1.82) is 0 Å². The number of ketones is 1. The number of benzene rings is 3. The lowest BCUT2D eigenvalue weighted by Gasteiger charge is -2.23. The lowest BCUT2D eigenvalue weighted by Crippen LogP contribution is -2.29. The monoisotopic (exact) mass is 498 g/mol. The van der Waals surface area contributed by atoms with E-state index in [1.54, 1.807) is 24.3 Å². The molecule has 36 heavy (non-hydrogen) atoms. The van der Waals surface area contributed by atoms with E-state index in [9.17, 15) is 27.5 Å². The van der Waals surface area contributed by atoms with Crippen LogP contribution in [0.4, 0.5) is 23.2 Å². The van der Waals surface area contributed by atoms with E-state index < -0.39 is 17.9 Å². The van der Waals surface area contributed by atoms with E-state index in [-0.39, 0.29) is 31.0 Å². The van der Waals surface area contributed by atoms with Gasteiger partial charge in [0.2, 0.25) is 0 Å². The highest BCUT2D eigenvalue weighted by Crippen LogP contribution is 2.33. The van der Waals surface area contributed by atoms with Crippen LogP contribution in [0.25, 0.3) is 11.1 Å². The summed E-state index contributed by atoms with van der Waals surface area (Å²) in [5.74, 6) is -0.557. The summed E-state index contributed by atoms with van der Waals surface area (Å²) in [5.41, 5.74) is 4.32. The van der Waals surface area contributed by atoms with Gasteiger partial charge in [-0.15, -0.1) is 0 Å². The number of aliphatic hydroxyl groups excluding tert-OH is 1. The van der Waals surface area contributed by atoms with Crippen molar-refractivity contribution in [3.8, 4) is 11.1 Å². The average Bonchev–Trinajstić information content (AvgIpc) is 3.25. The van der Waals surface area contributed by atoms with Gasteiger partial charge in [0.15, 0.2) is 0 Å². The second-order valence-electron chi connectivity index (χ2n) is 9.11. The van der Waals surface area contributed by atoms with Crippen molar-refractivity contribution >= 4 is 17.2 Å². The molecule has 1 aliphatic rings. The van der Waals surface area contributed by atoms with E-state index in [0.717, 1.165) is 16.7 Å². The number of hydrogen-bond donors (Lipinski definition) is 1. The maximum Gasteiger partial charge on any atom is 0.431 e. The molecule has 0 aliphatic carbocycles. The Bertz CT molecular complexity index is 1300. The molecule has 0 spiro atoms. The first-order valence-electron chi connectivity index (χ1n) is 11.6. The average molecular weight is 499 g/mol. The number of anilines is 1. The summed E-state index contributed by atoms with van der Waals surface area (Å²) in [7, 11) is 0. The summed E-state index contributed by atoms with van der Waals surface area (Å²) < 4.78 is 54.0. The van der Waals surface area contributed by atoms with Crippen LogP contribution in [0.15, 0.2) is 65.8 Å². The number of carbonyl (C=O) groups is 1. The van der Waals surface area contributed by atoms with Crippen LogP contribution in [0.2, 0.25) is 0 Å². The van der Waals surface area contributed by atoms with Crippen LogP contribution < -0.4 is 5.01 Å². The Kier molecular flexibility index (Phi) is 7.26. The van der Waals surface area contributed by atoms with Crippen molar-refractivity contribution in [2.24, 2.45) is 5.10 Å². The van der Waals surface area contributed by atoms with E-state index in [4.69, 9.17) is 0 Å². The molecular formula is C28H26F4N2O2. The molecule has 0 amide bonds. The van der Waals surface area contributed by atoms with Crippen molar-refractivity contribution in [3.05, 3.63) is 88.7 Å². The highest BCUT2D eigenvalue weighted by atomic mass is 19.4. The van der Waals surface area contributed by atoms with Crippen molar-refractivity contribution in [2.75, 3.05) is 5.01 Å². The summed E-state index contributed by atoms with van der Waals surface area (Å²) in [6.45, 7) is 3.12. The fraction of sp³-hybridized carbons (Fsp3) is 0.286. The number of hydrogen-bond acceptors (Lipinski definition) is 4. The molecule has 3 aromatic rings. The number of alkyl halides is 3. The van der Waals surface area contributed by atoms with Crippen LogP contribution in [0.3, 0.4) is 0 Å². The predicted molar refractivity (Wildman–Crippen MR) is 131 cm³/mol. The first-order valence-corrected chi connectivity index (χ1v) is 11.6. The first-order chi connectivity index (χ1) is 17.0. The van der Waals surface area contributed by atoms with Crippen LogP contribution in [-0.4, -0.2) is 28.8 Å². The van der Waals surface area contributed by atoms with Gasteiger partial charge in [0, 0.05) is 18.4 Å². The summed E-state index contributed by atoms with van der Waals surface area (Å²) >= 11 is 0. The number of hydrazone groups is 1. The minimum atomic E-state index is -4.53. The lowest BCUT2D eigenvalue weighted by atomic mass is 9.95. The Morgan fingerprint density at radius 3 is 2.36 bits per heavy atom. The van der Waals surface area contributed by atoms with Gasteiger partial charge in [-0.2, -0.15) is 18.3 Å². The van der Waals surface area contributed by atoms with E-state index >= 15 is 0 Å². The molecular weight excluding hydrogens is 472 g/mol. The first kappa shape index (κ1) is 25.6. The van der Waals surface area contributed by atoms with Gasteiger partial charge in [-0.3, -0.25) is 9.80 Å². The SMILES string of the molecule is CC(=O)CC1CC(C(F)(F)F)=NN1c1ccc(Cc2ccc(-c3cc(CO)ccc3F)cc2C)cc1. The minimum absolute atomic E-state index is 0.0157. The Balaban J connectivity index is 1.53. The Morgan fingerprint density at radius 1 is 1.06 bits per heavy atom. The Labute approximate surface area is 206 Å². The van der Waals surface area contributed by atoms with Gasteiger partial charge < -0.3 is 5.11 Å². The molecule has 0 saturated heterocycles. The van der Waals surface area contributed by atoms with E-state index in [1.165, 1.54) is 18.0 Å². The molecule has 0 aromatic heterocycles. The smallest absolute Gasteiger partial charge is 0.392 e. The molecule has 1 N–H and O–H groups in total. The number of aryl methyl sites for hydroxylation is 1. The second kappa shape index (κ2) is 10.2. The minimum Gasteiger partial charge on any atom is -0.392 e. The summed E-state index contributed by atoms with van der Waals surface area (Å²) in [4.78, 5) is 11.6. The van der Waals surface area contributed by atoms with Gasteiger partial charge in [-0.1, -0.05) is 36.4 Å². The fourth-order valence-corrected chi connectivity index (χ4v) is 4.43. The van der Waals surface area contributed by atoms with Gasteiger partial charge in [-0.05, 0) is 72.4 Å². The molecule has 3 aromatic carbocycles. The largest absolute Gasteiger partial charge is 0.431 e. The van der Waals surface area contributed by atoms with Crippen molar-refractivity contribution < 1.29 is 27.5 Å². The van der Waals surface area contributed by atoms with Crippen molar-refractivity contribution in [2.45, 2.75) is 51.9 Å². The molecule has 0 fully saturated rings. The summed E-state index contributed by atoms with van der Waals surface area (Å²) in [5, 5.41) is 14.4. The zero-order chi connectivity index (χ0) is 26.0. The summed E-state index contributed by atoms with van der Waals surface area (Å²) in [6, 6.07) is 16.6. The van der Waals surface area contributed by atoms with Gasteiger partial charge in [0.05, 0.1) is 18.3 Å². The topological polar surface area (TPSA) is 52.9 Å². The van der Waals surface area contributed by atoms with Crippen LogP contribution >= 0.6 is 0 Å². The van der Waals surface area contributed by atoms with E-state index in [1.807, 2.05) is 37.3 Å². The Hall–Kier alpha value is -3.52. The molecule has 0 radical (unpaired) electrons. The third-order valence-corrected chi connectivity index (χ3v) is 6.32. The maximum atomic E-state index is 14.3. The third-order valence-electron chi connectivity index (χ3n) is 6.32. The maximum absolute atomic E-state index is 14.3. The zero-order valence-electron chi connectivity index (χ0n) is 19.9. The highest BCUT2D eigenvalue weighted by Gasteiger charge is 2.43. The molecule has 8 heteroatoms. The number of nitrogens with zero attached hydrogens (tertiary/aromatic N) is 2. The van der Waals surface area contributed by atoms with Crippen LogP contribution in [0.1, 0.15) is 42.0 Å². The predicted octanol–water partition coefficient (Wildman–Crippen LogP) is 6.36. The molecule has 4 rings (SSSR count). The molecule has 0 bridgehead atoms. The number of rotatable bonds is 7. The molecule has 1 aliphatic heterocycles. The fourth-order valence-electron chi connectivity index (χ4n) is 4.43. The third kappa shape index (κ3) is 5.65. The van der Waals surface area contributed by atoms with Gasteiger partial charge in [0.1, 0.15) is 17.3 Å². The number of halogens is 4. The van der Waals surface area contributed by atoms with Crippen molar-refractivity contribution in [1.82, 2.24) is 0 Å². The van der Waals surface area contributed by atoms with Gasteiger partial charge in [0.25, 0.3) is 0 Å². The number of Topliss-reactive ketones (excluding diaryl/α,β-unsaturated/α-hetero) is 1. The Morgan fingerprint density at radius 2 is 1.75 bits per heavy atom. The highest BCUT2D eigenvalue weighted by molar-refractivity contribution is 5.94. The second-order valence-corrected chi connectivity index (χ2v) is 9.11. The van der Waals surface area contributed by atoms with Gasteiger partial charge >= 0.3 is 6.18 Å². The normalized spacial score (nSPS) is 15.8. The standard InChI is InChI=1S/C28H26F4N2O2/c1-17-11-22(25-14-20(16-35)5-10-26(25)29)7-6-21(17)13-19-3-8-23(9-4-19)34-24(12-18(2)36)15-27(33-34)28(30,31)32/h3-11,14,24,35H,12-13,15-16H2,1-2H3. The molecule has 1 unspecified atom stereocenters. The quantitative estimate of drug-likeness (QED) is 0.386. The molecule has 188 valence electrons. The lowest BCUT2D eigenvalue weighted by molar-refractivity contribution is -0.117. The number of carbonyl (C=O) groups excluding carboxylic acids is 1. The molecule has 0 saturated carbocycles. The van der Waals surface area contributed by atoms with E-state index in [0.29, 0.717) is 28.8 Å². The van der Waals surface area contributed by atoms with Gasteiger partial charge in [-0.25, -0.2) is 4.39 Å². The molecule has 1 atom stereocenters. The van der Waals surface area contributed by atoms with Crippen LogP contribution in [0.5, 0.6) is 0 Å². The van der Waals surface area contributed by atoms with Crippen LogP contribution in [0, 0.1) is 12.7 Å². The molecule has 1 heterocycles. The summed E-state index contributed by atoms with van der Waals surface area (Å²) in [6.07, 6.45) is -4.29. The van der Waals surface area contributed by atoms with Crippen molar-refractivity contribution in [3.63, 3.8) is 0 Å². The van der Waals surface area contributed by atoms with Crippen LogP contribution in [-0.2, 0) is 17.8 Å².